The van der Waals surface area contributed by atoms with Gasteiger partial charge in [-0.3, -0.25) is 4.79 Å². The van der Waals surface area contributed by atoms with Crippen LogP contribution in [0.25, 0.3) is 0 Å². The van der Waals surface area contributed by atoms with Crippen molar-refractivity contribution in [2.24, 2.45) is 0 Å². The molecule has 5 nitrogen and oxygen atoms in total. The maximum atomic E-state index is 11.1. The number of benzene rings is 2. The van der Waals surface area contributed by atoms with Gasteiger partial charge >= 0.3 is 5.97 Å². The zero-order valence-corrected chi connectivity index (χ0v) is 15.9. The van der Waals surface area contributed by atoms with Crippen LogP contribution in [0, 0.1) is 6.92 Å². The Bertz CT molecular complexity index is 748. The van der Waals surface area contributed by atoms with Crippen LogP contribution in [0.2, 0.25) is 0 Å². The molecule has 0 saturated heterocycles. The van der Waals surface area contributed by atoms with Gasteiger partial charge in [-0.15, -0.1) is 0 Å². The lowest BCUT2D eigenvalue weighted by atomic mass is 10.2. The van der Waals surface area contributed by atoms with E-state index in [0.29, 0.717) is 11.5 Å². The highest BCUT2D eigenvalue weighted by Gasteiger charge is 2.08. The van der Waals surface area contributed by atoms with Crippen LogP contribution in [0.4, 0.5) is 0 Å². The molecule has 0 aromatic heterocycles. The SMILES string of the molecule is Cc1ccccc1S(C)(=O)=O.O=C(CNBr)OCc1ccccc1. The molecule has 0 aliphatic carbocycles. The number of carbonyl (C=O) groups excluding carboxylic acids is 1. The van der Waals surface area contributed by atoms with E-state index < -0.39 is 9.84 Å². The first-order chi connectivity index (χ1) is 11.3. The van der Waals surface area contributed by atoms with Crippen LogP contribution >= 0.6 is 16.1 Å². The van der Waals surface area contributed by atoms with E-state index in [1.54, 1.807) is 25.1 Å². The smallest absolute Gasteiger partial charge is 0.321 e. The van der Waals surface area contributed by atoms with Crippen molar-refractivity contribution in [3.05, 3.63) is 65.7 Å². The Morgan fingerprint density at radius 2 is 1.67 bits per heavy atom. The van der Waals surface area contributed by atoms with Gasteiger partial charge < -0.3 is 4.74 Å². The fraction of sp³-hybridized carbons (Fsp3) is 0.235. The Labute approximate surface area is 151 Å². The van der Waals surface area contributed by atoms with Crippen molar-refractivity contribution in [1.82, 2.24) is 4.34 Å². The number of rotatable bonds is 5. The summed E-state index contributed by atoms with van der Waals surface area (Å²) < 4.78 is 29.6. The molecule has 0 amide bonds. The zero-order chi connectivity index (χ0) is 18.0. The van der Waals surface area contributed by atoms with Gasteiger partial charge in [0.2, 0.25) is 0 Å². The summed E-state index contributed by atoms with van der Waals surface area (Å²) in [4.78, 5) is 11.3. The van der Waals surface area contributed by atoms with Crippen molar-refractivity contribution < 1.29 is 17.9 Å². The Morgan fingerprint density at radius 3 is 2.17 bits per heavy atom. The molecular formula is C17H20BrNO4S. The highest BCUT2D eigenvalue weighted by molar-refractivity contribution is 9.08. The summed E-state index contributed by atoms with van der Waals surface area (Å²) in [7, 11) is -3.03. The van der Waals surface area contributed by atoms with E-state index in [-0.39, 0.29) is 12.5 Å². The summed E-state index contributed by atoms with van der Waals surface area (Å²) in [5.74, 6) is -0.277. The molecule has 0 fully saturated rings. The predicted molar refractivity (Wildman–Crippen MR) is 97.5 cm³/mol. The van der Waals surface area contributed by atoms with Crippen molar-refractivity contribution in [3.8, 4) is 0 Å². The van der Waals surface area contributed by atoms with Crippen molar-refractivity contribution in [2.75, 3.05) is 12.8 Å². The number of carbonyl (C=O) groups is 1. The van der Waals surface area contributed by atoms with Gasteiger partial charge in [0.05, 0.1) is 4.90 Å². The molecule has 1 N–H and O–H groups in total. The third-order valence-electron chi connectivity index (χ3n) is 2.95. The number of sulfone groups is 1. The minimum Gasteiger partial charge on any atom is -0.460 e. The number of hydrogen-bond donors (Lipinski definition) is 1. The molecule has 24 heavy (non-hydrogen) atoms. The largest absolute Gasteiger partial charge is 0.460 e. The van der Waals surface area contributed by atoms with E-state index in [1.807, 2.05) is 36.4 Å². The summed E-state index contributed by atoms with van der Waals surface area (Å²) >= 11 is 2.93. The van der Waals surface area contributed by atoms with Crippen LogP contribution in [0.5, 0.6) is 0 Å². The number of nitrogens with one attached hydrogen (secondary N) is 1. The molecule has 0 saturated carbocycles. The first-order valence-corrected chi connectivity index (χ1v) is 9.81. The molecule has 0 radical (unpaired) electrons. The molecule has 0 atom stereocenters. The number of hydrogen-bond acceptors (Lipinski definition) is 5. The first kappa shape index (κ1) is 20.3. The number of aryl methyl sites for hydroxylation is 1. The maximum absolute atomic E-state index is 11.1. The van der Waals surface area contributed by atoms with Crippen molar-refractivity contribution in [3.63, 3.8) is 0 Å². The van der Waals surface area contributed by atoms with Crippen LogP contribution in [0.3, 0.4) is 0 Å². The molecule has 0 aliphatic heterocycles. The molecule has 2 aromatic carbocycles. The van der Waals surface area contributed by atoms with Gasteiger partial charge in [-0.1, -0.05) is 48.5 Å². The minimum absolute atomic E-state index is 0.173. The molecule has 7 heteroatoms. The van der Waals surface area contributed by atoms with E-state index in [0.717, 1.165) is 11.1 Å². The monoisotopic (exact) mass is 413 g/mol. The quantitative estimate of drug-likeness (QED) is 0.602. The second-order valence-electron chi connectivity index (χ2n) is 4.99. The van der Waals surface area contributed by atoms with E-state index in [1.165, 1.54) is 6.26 Å². The van der Waals surface area contributed by atoms with Gasteiger partial charge in [0.1, 0.15) is 13.2 Å². The van der Waals surface area contributed by atoms with Crippen LogP contribution in [-0.4, -0.2) is 27.2 Å². The topological polar surface area (TPSA) is 72.5 Å². The third-order valence-corrected chi connectivity index (χ3v) is 4.48. The predicted octanol–water partition coefficient (Wildman–Crippen LogP) is 3.03. The summed E-state index contributed by atoms with van der Waals surface area (Å²) in [6.07, 6.45) is 1.22. The van der Waals surface area contributed by atoms with E-state index in [4.69, 9.17) is 4.74 Å². The van der Waals surface area contributed by atoms with E-state index >= 15 is 0 Å². The molecule has 0 spiro atoms. The minimum atomic E-state index is -3.03. The Balaban J connectivity index is 0.000000243. The van der Waals surface area contributed by atoms with Crippen LogP contribution in [-0.2, 0) is 26.0 Å². The summed E-state index contributed by atoms with van der Waals surface area (Å²) in [6, 6.07) is 16.5. The number of esters is 1. The molecular weight excluding hydrogens is 394 g/mol. The third kappa shape index (κ3) is 7.72. The molecule has 0 aliphatic rings. The molecule has 0 unspecified atom stereocenters. The lowest BCUT2D eigenvalue weighted by Crippen LogP contribution is -2.16. The standard InChI is InChI=1S/C9H10BrNO2.C8H10O2S/c10-11-6-9(12)13-7-8-4-2-1-3-5-8;1-7-5-3-4-6-8(7)11(2,9)10/h1-5,11H,6-7H2;3-6H,1-2H3. The molecule has 2 rings (SSSR count). The van der Waals surface area contributed by atoms with E-state index in [9.17, 15) is 13.2 Å². The zero-order valence-electron chi connectivity index (χ0n) is 13.5. The van der Waals surface area contributed by atoms with Crippen LogP contribution in [0.1, 0.15) is 11.1 Å². The Kier molecular flexibility index (Phi) is 8.67. The van der Waals surface area contributed by atoms with Gasteiger partial charge in [0.15, 0.2) is 9.84 Å². The van der Waals surface area contributed by atoms with Gasteiger partial charge in [0.25, 0.3) is 0 Å². The molecule has 0 bridgehead atoms. The van der Waals surface area contributed by atoms with Crippen LogP contribution < -0.4 is 4.34 Å². The maximum Gasteiger partial charge on any atom is 0.321 e. The summed E-state index contributed by atoms with van der Waals surface area (Å²) in [5, 5.41) is 0. The van der Waals surface area contributed by atoms with Gasteiger partial charge in [-0.25, -0.2) is 12.8 Å². The average Bonchev–Trinajstić information content (AvgIpc) is 2.54. The van der Waals surface area contributed by atoms with Gasteiger partial charge in [0, 0.05) is 22.4 Å². The summed E-state index contributed by atoms with van der Waals surface area (Å²) in [6.45, 7) is 2.29. The average molecular weight is 414 g/mol. The first-order valence-electron chi connectivity index (χ1n) is 7.13. The lowest BCUT2D eigenvalue weighted by Gasteiger charge is -2.02. The number of ether oxygens (including phenoxy) is 1. The normalized spacial score (nSPS) is 10.5. The summed E-state index contributed by atoms with van der Waals surface area (Å²) in [5.41, 5.74) is 1.79. The number of halogens is 1. The van der Waals surface area contributed by atoms with Crippen molar-refractivity contribution in [2.45, 2.75) is 18.4 Å². The van der Waals surface area contributed by atoms with Crippen LogP contribution in [0.15, 0.2) is 59.5 Å². The molecule has 2 aromatic rings. The Morgan fingerprint density at radius 1 is 1.08 bits per heavy atom. The second-order valence-corrected chi connectivity index (χ2v) is 7.54. The molecule has 0 heterocycles. The van der Waals surface area contributed by atoms with E-state index in [2.05, 4.69) is 20.5 Å². The van der Waals surface area contributed by atoms with Crippen molar-refractivity contribution >= 4 is 32.0 Å². The molecule has 130 valence electrons. The highest BCUT2D eigenvalue weighted by atomic mass is 79.9. The van der Waals surface area contributed by atoms with Gasteiger partial charge in [-0.05, 0) is 24.1 Å². The highest BCUT2D eigenvalue weighted by Crippen LogP contribution is 2.12. The fourth-order valence-corrected chi connectivity index (χ4v) is 3.02. The van der Waals surface area contributed by atoms with Crippen molar-refractivity contribution in [1.29, 1.82) is 0 Å². The Hall–Kier alpha value is -1.70. The second kappa shape index (κ2) is 10.2. The van der Waals surface area contributed by atoms with Gasteiger partial charge in [-0.2, -0.15) is 0 Å². The lowest BCUT2D eigenvalue weighted by molar-refractivity contribution is -0.143. The fourth-order valence-electron chi connectivity index (χ4n) is 1.82.